The van der Waals surface area contributed by atoms with Crippen LogP contribution in [0.2, 0.25) is 0 Å². The number of anilines is 2. The Kier molecular flexibility index (Phi) is 4.35. The Bertz CT molecular complexity index is 909. The van der Waals surface area contributed by atoms with E-state index in [1.807, 2.05) is 42.5 Å². The third kappa shape index (κ3) is 3.16. The van der Waals surface area contributed by atoms with E-state index in [0.717, 1.165) is 23.5 Å². The number of nitrogens with one attached hydrogen (secondary N) is 1. The summed E-state index contributed by atoms with van der Waals surface area (Å²) >= 11 is 0. The molecule has 0 radical (unpaired) electrons. The van der Waals surface area contributed by atoms with Gasteiger partial charge in [-0.3, -0.25) is 4.79 Å². The van der Waals surface area contributed by atoms with Crippen molar-refractivity contribution >= 4 is 17.4 Å². The monoisotopic (exact) mass is 344 g/mol. The van der Waals surface area contributed by atoms with E-state index in [4.69, 9.17) is 0 Å². The van der Waals surface area contributed by atoms with Crippen molar-refractivity contribution in [1.29, 1.82) is 0 Å². The lowest BCUT2D eigenvalue weighted by Crippen LogP contribution is -2.27. The van der Waals surface area contributed by atoms with Gasteiger partial charge in [0.1, 0.15) is 0 Å². The van der Waals surface area contributed by atoms with Gasteiger partial charge < -0.3 is 10.2 Å². The highest BCUT2D eigenvalue weighted by atomic mass is 16.1. The first kappa shape index (κ1) is 16.3. The lowest BCUT2D eigenvalue weighted by Gasteiger charge is -2.23. The second kappa shape index (κ2) is 6.96. The highest BCUT2D eigenvalue weighted by Crippen LogP contribution is 2.36. The minimum Gasteiger partial charge on any atom is -0.347 e. The summed E-state index contributed by atoms with van der Waals surface area (Å²) in [6.07, 6.45) is 0.983. The van der Waals surface area contributed by atoms with Gasteiger partial charge in [-0.25, -0.2) is 0 Å². The molecule has 5 nitrogen and oxygen atoms in total. The van der Waals surface area contributed by atoms with E-state index in [2.05, 4.69) is 45.5 Å². The molecule has 0 fully saturated rings. The minimum atomic E-state index is -0.220. The van der Waals surface area contributed by atoms with Crippen LogP contribution in [-0.2, 0) is 13.0 Å². The van der Waals surface area contributed by atoms with Gasteiger partial charge in [0.25, 0.3) is 5.91 Å². The highest BCUT2D eigenvalue weighted by Gasteiger charge is 2.28. The normalized spacial score (nSPS) is 15.6. The van der Waals surface area contributed by atoms with Gasteiger partial charge in [-0.05, 0) is 42.7 Å². The number of amides is 1. The van der Waals surface area contributed by atoms with Crippen molar-refractivity contribution in [3.8, 4) is 0 Å². The van der Waals surface area contributed by atoms with Gasteiger partial charge in [-0.2, -0.15) is 0 Å². The molecular weight excluding hydrogens is 324 g/mol. The summed E-state index contributed by atoms with van der Waals surface area (Å²) < 4.78 is 0. The Morgan fingerprint density at radius 3 is 2.58 bits per heavy atom. The van der Waals surface area contributed by atoms with Crippen LogP contribution in [0.25, 0.3) is 0 Å². The lowest BCUT2D eigenvalue weighted by molar-refractivity contribution is 0.0945. The average molecular weight is 344 g/mol. The van der Waals surface area contributed by atoms with Crippen LogP contribution in [0.1, 0.15) is 28.5 Å². The quantitative estimate of drug-likeness (QED) is 0.787. The largest absolute Gasteiger partial charge is 0.347 e. The maximum Gasteiger partial charge on any atom is 0.272 e. The highest BCUT2D eigenvalue weighted by molar-refractivity contribution is 5.92. The van der Waals surface area contributed by atoms with Gasteiger partial charge in [0.15, 0.2) is 11.5 Å². The molecule has 0 spiro atoms. The van der Waals surface area contributed by atoms with Crippen molar-refractivity contribution in [2.75, 3.05) is 4.90 Å². The minimum absolute atomic E-state index is 0.220. The van der Waals surface area contributed by atoms with Crippen LogP contribution in [0.5, 0.6) is 0 Å². The molecule has 0 aliphatic carbocycles. The second-order valence-corrected chi connectivity index (χ2v) is 6.50. The van der Waals surface area contributed by atoms with Gasteiger partial charge >= 0.3 is 0 Å². The van der Waals surface area contributed by atoms with Crippen molar-refractivity contribution in [3.63, 3.8) is 0 Å². The first-order valence-corrected chi connectivity index (χ1v) is 8.75. The first-order chi connectivity index (χ1) is 12.7. The molecule has 1 amide bonds. The van der Waals surface area contributed by atoms with Crippen molar-refractivity contribution < 1.29 is 4.79 Å². The Morgan fingerprint density at radius 1 is 1.04 bits per heavy atom. The molecule has 1 unspecified atom stereocenters. The van der Waals surface area contributed by atoms with E-state index in [1.165, 1.54) is 5.56 Å². The number of carbonyl (C=O) groups is 1. The van der Waals surface area contributed by atoms with Crippen LogP contribution in [0.3, 0.4) is 0 Å². The van der Waals surface area contributed by atoms with Crippen LogP contribution in [0.4, 0.5) is 11.5 Å². The first-order valence-electron chi connectivity index (χ1n) is 8.75. The Labute approximate surface area is 152 Å². The standard InChI is InChI=1S/C21H20N4O/c1-15-13-17-9-5-6-10-19(17)25(15)20-12-11-18(23-24-20)21(26)22-14-16-7-3-2-4-8-16/h2-12,15H,13-14H2,1H3,(H,22,26). The lowest BCUT2D eigenvalue weighted by atomic mass is 10.1. The molecule has 1 N–H and O–H groups in total. The fourth-order valence-electron chi connectivity index (χ4n) is 3.36. The van der Waals surface area contributed by atoms with Crippen molar-refractivity contribution in [1.82, 2.24) is 15.5 Å². The third-order valence-electron chi connectivity index (χ3n) is 4.63. The summed E-state index contributed by atoms with van der Waals surface area (Å²) in [6, 6.07) is 22.0. The number of hydrogen-bond donors (Lipinski definition) is 1. The molecule has 1 aliphatic rings. The summed E-state index contributed by atoms with van der Waals surface area (Å²) in [6.45, 7) is 2.64. The van der Waals surface area contributed by atoms with Crippen LogP contribution < -0.4 is 10.2 Å². The zero-order valence-corrected chi connectivity index (χ0v) is 14.6. The van der Waals surface area contributed by atoms with Gasteiger partial charge in [-0.1, -0.05) is 48.5 Å². The molecule has 26 heavy (non-hydrogen) atoms. The Hall–Kier alpha value is -3.21. The van der Waals surface area contributed by atoms with E-state index >= 15 is 0 Å². The molecule has 2 aromatic carbocycles. The van der Waals surface area contributed by atoms with Gasteiger partial charge in [0.2, 0.25) is 0 Å². The molecular formula is C21H20N4O. The molecule has 0 saturated heterocycles. The SMILES string of the molecule is CC1Cc2ccccc2N1c1ccc(C(=O)NCc2ccccc2)nn1. The summed E-state index contributed by atoms with van der Waals surface area (Å²) in [5, 5.41) is 11.3. The average Bonchev–Trinajstić information content (AvgIpc) is 3.03. The zero-order valence-electron chi connectivity index (χ0n) is 14.6. The molecule has 4 rings (SSSR count). The molecule has 2 heterocycles. The number of rotatable bonds is 4. The van der Waals surface area contributed by atoms with E-state index in [1.54, 1.807) is 6.07 Å². The van der Waals surface area contributed by atoms with Crippen LogP contribution in [0.15, 0.2) is 66.7 Å². The molecule has 3 aromatic rings. The smallest absolute Gasteiger partial charge is 0.272 e. The molecule has 1 aromatic heterocycles. The second-order valence-electron chi connectivity index (χ2n) is 6.50. The molecule has 0 bridgehead atoms. The number of hydrogen-bond acceptors (Lipinski definition) is 4. The fraction of sp³-hybridized carbons (Fsp3) is 0.190. The predicted octanol–water partition coefficient (Wildman–Crippen LogP) is 3.49. The molecule has 5 heteroatoms. The number of aromatic nitrogens is 2. The Morgan fingerprint density at radius 2 is 1.81 bits per heavy atom. The molecule has 1 aliphatic heterocycles. The van der Waals surface area contributed by atoms with E-state index < -0.39 is 0 Å². The number of carbonyl (C=O) groups excluding carboxylic acids is 1. The van der Waals surface area contributed by atoms with Crippen LogP contribution >= 0.6 is 0 Å². The number of benzene rings is 2. The van der Waals surface area contributed by atoms with Gasteiger partial charge in [-0.15, -0.1) is 10.2 Å². The number of nitrogens with zero attached hydrogens (tertiary/aromatic N) is 3. The fourth-order valence-corrected chi connectivity index (χ4v) is 3.36. The number of para-hydroxylation sites is 1. The molecule has 130 valence electrons. The van der Waals surface area contributed by atoms with Crippen molar-refractivity contribution in [2.24, 2.45) is 0 Å². The van der Waals surface area contributed by atoms with E-state index in [9.17, 15) is 4.79 Å². The Balaban J connectivity index is 1.48. The molecule has 1 atom stereocenters. The third-order valence-corrected chi connectivity index (χ3v) is 4.63. The van der Waals surface area contributed by atoms with E-state index in [0.29, 0.717) is 18.3 Å². The van der Waals surface area contributed by atoms with Crippen LogP contribution in [0, 0.1) is 0 Å². The topological polar surface area (TPSA) is 58.1 Å². The van der Waals surface area contributed by atoms with Crippen LogP contribution in [-0.4, -0.2) is 22.1 Å². The summed E-state index contributed by atoms with van der Waals surface area (Å²) in [5.74, 6) is 0.546. The maximum atomic E-state index is 12.3. The zero-order chi connectivity index (χ0) is 17.9. The maximum absolute atomic E-state index is 12.3. The summed E-state index contributed by atoms with van der Waals surface area (Å²) in [5.41, 5.74) is 3.85. The van der Waals surface area contributed by atoms with Gasteiger partial charge in [0, 0.05) is 18.3 Å². The molecule has 0 saturated carbocycles. The summed E-state index contributed by atoms with van der Waals surface area (Å²) in [4.78, 5) is 14.5. The van der Waals surface area contributed by atoms with Crippen molar-refractivity contribution in [2.45, 2.75) is 25.9 Å². The van der Waals surface area contributed by atoms with Crippen molar-refractivity contribution in [3.05, 3.63) is 83.6 Å². The number of fused-ring (bicyclic) bond motifs is 1. The van der Waals surface area contributed by atoms with Gasteiger partial charge in [0.05, 0.1) is 0 Å². The summed E-state index contributed by atoms with van der Waals surface area (Å²) in [7, 11) is 0. The van der Waals surface area contributed by atoms with E-state index in [-0.39, 0.29) is 5.91 Å². The predicted molar refractivity (Wildman–Crippen MR) is 101 cm³/mol.